The molecule has 1 aliphatic rings. The molecule has 0 saturated heterocycles. The number of imidazole rings is 1. The first-order valence-corrected chi connectivity index (χ1v) is 10.6. The third-order valence-corrected chi connectivity index (χ3v) is 5.36. The van der Waals surface area contributed by atoms with Gasteiger partial charge in [-0.15, -0.1) is 0 Å². The predicted octanol–water partition coefficient (Wildman–Crippen LogP) is 4.19. The molecule has 1 N–H and O–H groups in total. The lowest BCUT2D eigenvalue weighted by atomic mass is 10.00. The second-order valence-electron chi connectivity index (χ2n) is 7.42. The summed E-state index contributed by atoms with van der Waals surface area (Å²) < 4.78 is 2.17. The van der Waals surface area contributed by atoms with Gasteiger partial charge in [-0.2, -0.15) is 0 Å². The molecule has 0 fully saturated rings. The van der Waals surface area contributed by atoms with E-state index in [1.54, 1.807) is 0 Å². The Morgan fingerprint density at radius 3 is 2.53 bits per heavy atom. The molecule has 1 aliphatic heterocycles. The first-order chi connectivity index (χ1) is 14.8. The fraction of sp³-hybridized carbons (Fsp3) is 0.280. The first-order valence-electron chi connectivity index (χ1n) is 10.6. The van der Waals surface area contributed by atoms with E-state index in [2.05, 4.69) is 87.4 Å². The van der Waals surface area contributed by atoms with Gasteiger partial charge in [-0.05, 0) is 30.0 Å². The molecule has 2 heterocycles. The summed E-state index contributed by atoms with van der Waals surface area (Å²) in [4.78, 5) is 11.8. The lowest BCUT2D eigenvalue weighted by Gasteiger charge is -2.29. The Balaban J connectivity index is 1.44. The van der Waals surface area contributed by atoms with Crippen LogP contribution in [0.4, 0.5) is 0 Å². The molecule has 0 amide bonds. The molecule has 0 spiro atoms. The summed E-state index contributed by atoms with van der Waals surface area (Å²) in [5.41, 5.74) is 4.00. The quantitative estimate of drug-likeness (QED) is 0.499. The number of aromatic nitrogens is 2. The summed E-state index contributed by atoms with van der Waals surface area (Å²) in [5, 5.41) is 3.45. The van der Waals surface area contributed by atoms with E-state index in [0.29, 0.717) is 6.54 Å². The molecule has 5 heteroatoms. The minimum Gasteiger partial charge on any atom is -0.356 e. The van der Waals surface area contributed by atoms with Gasteiger partial charge >= 0.3 is 0 Å². The van der Waals surface area contributed by atoms with Crippen LogP contribution in [0.5, 0.6) is 0 Å². The van der Waals surface area contributed by atoms with E-state index in [-0.39, 0.29) is 0 Å². The number of nitrogens with one attached hydrogen (secondary N) is 1. The van der Waals surface area contributed by atoms with E-state index in [1.807, 2.05) is 18.5 Å². The molecule has 1 aromatic heterocycles. The van der Waals surface area contributed by atoms with Crippen LogP contribution in [-0.4, -0.2) is 40.0 Å². The topological polar surface area (TPSA) is 45.5 Å². The number of benzene rings is 2. The maximum atomic E-state index is 4.90. The first kappa shape index (κ1) is 20.0. The number of hydrogen-bond acceptors (Lipinski definition) is 2. The summed E-state index contributed by atoms with van der Waals surface area (Å²) in [5.74, 6) is 1.93. The van der Waals surface area contributed by atoms with Gasteiger partial charge in [0.2, 0.25) is 0 Å². The lowest BCUT2D eigenvalue weighted by Crippen LogP contribution is -2.43. The van der Waals surface area contributed by atoms with Crippen LogP contribution >= 0.6 is 0 Å². The number of nitrogens with zero attached hydrogens (tertiary/aromatic N) is 4. The summed E-state index contributed by atoms with van der Waals surface area (Å²) in [7, 11) is 0. The lowest BCUT2D eigenvalue weighted by molar-refractivity contribution is 0.439. The van der Waals surface area contributed by atoms with Crippen LogP contribution in [0.25, 0.3) is 5.57 Å². The molecule has 0 aliphatic carbocycles. The minimum atomic E-state index is 0.563. The molecule has 0 saturated carbocycles. The maximum absolute atomic E-state index is 4.90. The highest BCUT2D eigenvalue weighted by atomic mass is 15.3. The van der Waals surface area contributed by atoms with Crippen molar-refractivity contribution in [3.63, 3.8) is 0 Å². The molecular formula is C25H29N5. The van der Waals surface area contributed by atoms with Crippen LogP contribution in [0.3, 0.4) is 0 Å². The third-order valence-electron chi connectivity index (χ3n) is 5.36. The zero-order valence-electron chi connectivity index (χ0n) is 17.5. The highest BCUT2D eigenvalue weighted by Crippen LogP contribution is 2.22. The standard InChI is InChI=1S/C25H29N5/c1-2-26-25(29-16-13-23(14-17-29)22-11-7-4-8-12-22)28-19-24-27-15-18-30(24)20-21-9-5-3-6-10-21/h3-13,15,18H,2,14,16-17,19-20H2,1H3,(H,26,28). The average molecular weight is 400 g/mol. The number of aliphatic imine (C=N–C) groups is 1. The van der Waals surface area contributed by atoms with E-state index in [1.165, 1.54) is 16.7 Å². The fourth-order valence-corrected chi connectivity index (χ4v) is 3.76. The van der Waals surface area contributed by atoms with Crippen molar-refractivity contribution in [2.45, 2.75) is 26.4 Å². The maximum Gasteiger partial charge on any atom is 0.194 e. The van der Waals surface area contributed by atoms with E-state index < -0.39 is 0 Å². The molecule has 4 rings (SSSR count). The molecule has 0 bridgehead atoms. The third kappa shape index (κ3) is 4.98. The number of hydrogen-bond donors (Lipinski definition) is 1. The van der Waals surface area contributed by atoms with E-state index >= 15 is 0 Å². The van der Waals surface area contributed by atoms with Crippen molar-refractivity contribution >= 4 is 11.5 Å². The zero-order chi connectivity index (χ0) is 20.6. The van der Waals surface area contributed by atoms with Gasteiger partial charge in [-0.1, -0.05) is 66.7 Å². The highest BCUT2D eigenvalue weighted by Gasteiger charge is 2.16. The van der Waals surface area contributed by atoms with E-state index in [9.17, 15) is 0 Å². The second kappa shape index (κ2) is 9.92. The Morgan fingerprint density at radius 2 is 1.83 bits per heavy atom. The predicted molar refractivity (Wildman–Crippen MR) is 123 cm³/mol. The zero-order valence-corrected chi connectivity index (χ0v) is 17.5. The van der Waals surface area contributed by atoms with Crippen LogP contribution < -0.4 is 5.32 Å². The monoisotopic (exact) mass is 399 g/mol. The SMILES string of the molecule is CCNC(=NCc1nccn1Cc1ccccc1)N1CC=C(c2ccccc2)CC1. The normalized spacial score (nSPS) is 14.5. The molecule has 5 nitrogen and oxygen atoms in total. The summed E-state index contributed by atoms with van der Waals surface area (Å²) in [6, 6.07) is 21.1. The van der Waals surface area contributed by atoms with Crippen molar-refractivity contribution < 1.29 is 0 Å². The summed E-state index contributed by atoms with van der Waals surface area (Å²) >= 11 is 0. The fourth-order valence-electron chi connectivity index (χ4n) is 3.76. The molecular weight excluding hydrogens is 370 g/mol. The summed E-state index contributed by atoms with van der Waals surface area (Å²) in [6.45, 7) is 6.17. The molecule has 0 atom stereocenters. The molecule has 3 aromatic rings. The smallest absolute Gasteiger partial charge is 0.194 e. The Morgan fingerprint density at radius 1 is 1.07 bits per heavy atom. The van der Waals surface area contributed by atoms with Crippen LogP contribution in [0.2, 0.25) is 0 Å². The van der Waals surface area contributed by atoms with Gasteiger partial charge in [0.15, 0.2) is 5.96 Å². The largest absolute Gasteiger partial charge is 0.356 e. The Hall–Kier alpha value is -3.34. The van der Waals surface area contributed by atoms with Gasteiger partial charge < -0.3 is 14.8 Å². The van der Waals surface area contributed by atoms with Gasteiger partial charge in [-0.3, -0.25) is 0 Å². The van der Waals surface area contributed by atoms with Crippen LogP contribution in [0.15, 0.2) is 84.1 Å². The Kier molecular flexibility index (Phi) is 6.60. The van der Waals surface area contributed by atoms with Crippen molar-refractivity contribution in [1.29, 1.82) is 0 Å². The highest BCUT2D eigenvalue weighted by molar-refractivity contribution is 5.81. The average Bonchev–Trinajstić information content (AvgIpc) is 3.25. The van der Waals surface area contributed by atoms with Crippen molar-refractivity contribution in [2.75, 3.05) is 19.6 Å². The van der Waals surface area contributed by atoms with Crippen molar-refractivity contribution in [3.05, 3.63) is 96.1 Å². The van der Waals surface area contributed by atoms with Gasteiger partial charge in [0.1, 0.15) is 12.4 Å². The molecule has 0 radical (unpaired) electrons. The number of guanidine groups is 1. The van der Waals surface area contributed by atoms with Gasteiger partial charge in [0, 0.05) is 38.6 Å². The van der Waals surface area contributed by atoms with Crippen molar-refractivity contribution in [2.24, 2.45) is 4.99 Å². The molecule has 2 aromatic carbocycles. The second-order valence-corrected chi connectivity index (χ2v) is 7.42. The van der Waals surface area contributed by atoms with Crippen LogP contribution in [-0.2, 0) is 13.1 Å². The van der Waals surface area contributed by atoms with Gasteiger partial charge in [-0.25, -0.2) is 9.98 Å². The Bertz CT molecular complexity index is 989. The van der Waals surface area contributed by atoms with Crippen molar-refractivity contribution in [1.82, 2.24) is 19.8 Å². The van der Waals surface area contributed by atoms with Crippen LogP contribution in [0, 0.1) is 0 Å². The van der Waals surface area contributed by atoms with E-state index in [4.69, 9.17) is 4.99 Å². The van der Waals surface area contributed by atoms with Gasteiger partial charge in [0.05, 0.1) is 0 Å². The summed E-state index contributed by atoms with van der Waals surface area (Å²) in [6.07, 6.45) is 7.23. The van der Waals surface area contributed by atoms with E-state index in [0.717, 1.165) is 44.4 Å². The molecule has 0 unspecified atom stereocenters. The molecule has 30 heavy (non-hydrogen) atoms. The number of rotatable bonds is 6. The van der Waals surface area contributed by atoms with Gasteiger partial charge in [0.25, 0.3) is 0 Å². The van der Waals surface area contributed by atoms with Crippen molar-refractivity contribution in [3.8, 4) is 0 Å². The minimum absolute atomic E-state index is 0.563. The molecule has 154 valence electrons. The Labute approximate surface area is 178 Å². The van der Waals surface area contributed by atoms with Crippen LogP contribution in [0.1, 0.15) is 30.3 Å².